The van der Waals surface area contributed by atoms with Crippen LogP contribution in [-0.4, -0.2) is 39.1 Å². The Hall–Kier alpha value is -2.83. The van der Waals surface area contributed by atoms with Gasteiger partial charge in [0, 0.05) is 20.0 Å². The molecule has 1 unspecified atom stereocenters. The lowest BCUT2D eigenvalue weighted by Crippen LogP contribution is -2.37. The lowest BCUT2D eigenvalue weighted by atomic mass is 10.2. The van der Waals surface area contributed by atoms with Crippen LogP contribution in [0.25, 0.3) is 0 Å². The fourth-order valence-corrected chi connectivity index (χ4v) is 3.15. The molecule has 1 atom stereocenters. The zero-order valence-electron chi connectivity index (χ0n) is 15.9. The molecule has 2 amide bonds. The molecule has 7 nitrogen and oxygen atoms in total. The highest BCUT2D eigenvalue weighted by Crippen LogP contribution is 2.15. The van der Waals surface area contributed by atoms with E-state index < -0.39 is 6.10 Å². The van der Waals surface area contributed by atoms with Gasteiger partial charge in [-0.15, -0.1) is 0 Å². The number of ether oxygens (including phenoxy) is 1. The summed E-state index contributed by atoms with van der Waals surface area (Å²) in [5.41, 5.74) is 1.79. The van der Waals surface area contributed by atoms with E-state index in [4.69, 9.17) is 4.74 Å². The minimum atomic E-state index is -0.541. The average Bonchev–Trinajstić information content (AvgIpc) is 2.94. The molecule has 1 aliphatic rings. The molecule has 0 bridgehead atoms. The first-order chi connectivity index (χ1) is 13.1. The number of nitrogens with zero attached hydrogens (tertiary/aromatic N) is 3. The normalized spacial score (nSPS) is 14.8. The number of fused-ring (bicyclic) bond motifs is 1. The summed E-state index contributed by atoms with van der Waals surface area (Å²) in [6.07, 6.45) is 0.915. The topological polar surface area (TPSA) is 76.5 Å². The molecule has 1 aromatic carbocycles. The molecule has 1 aromatic heterocycles. The van der Waals surface area contributed by atoms with Gasteiger partial charge in [0.05, 0.1) is 24.5 Å². The number of rotatable bonds is 6. The van der Waals surface area contributed by atoms with Gasteiger partial charge in [-0.25, -0.2) is 0 Å². The quantitative estimate of drug-likeness (QED) is 0.845. The van der Waals surface area contributed by atoms with E-state index in [1.165, 1.54) is 0 Å². The molecule has 0 aliphatic carbocycles. The number of aromatic nitrogens is 2. The highest BCUT2D eigenvalue weighted by molar-refractivity contribution is 5.81. The van der Waals surface area contributed by atoms with Gasteiger partial charge in [-0.1, -0.05) is 25.1 Å². The molecule has 27 heavy (non-hydrogen) atoms. The van der Waals surface area contributed by atoms with Crippen molar-refractivity contribution in [2.24, 2.45) is 0 Å². The minimum Gasteiger partial charge on any atom is -0.481 e. The Morgan fingerprint density at radius 2 is 2.04 bits per heavy atom. The van der Waals surface area contributed by atoms with E-state index in [1.54, 1.807) is 6.92 Å². The van der Waals surface area contributed by atoms with Crippen molar-refractivity contribution in [3.05, 3.63) is 47.8 Å². The molecule has 7 heteroatoms. The maximum atomic E-state index is 12.5. The van der Waals surface area contributed by atoms with Crippen molar-refractivity contribution in [2.75, 3.05) is 6.54 Å². The first-order valence-corrected chi connectivity index (χ1v) is 9.37. The second-order valence-corrected chi connectivity index (χ2v) is 6.69. The standard InChI is InChI=1S/C20H26N4O3/c1-3-19(27-18-8-5-4-6-9-18)20(26)21-13-16-12-17-14-23(15(2)25)10-7-11-24(17)22-16/h4-6,8-9,12,19H,3,7,10-11,13-14H2,1-2H3,(H,21,26). The Morgan fingerprint density at radius 1 is 1.26 bits per heavy atom. The molecule has 2 aromatic rings. The third kappa shape index (κ3) is 4.87. The molecule has 1 N–H and O–H groups in total. The van der Waals surface area contributed by atoms with Gasteiger partial charge in [0.1, 0.15) is 5.75 Å². The summed E-state index contributed by atoms with van der Waals surface area (Å²) in [7, 11) is 0. The van der Waals surface area contributed by atoms with E-state index in [0.29, 0.717) is 25.3 Å². The van der Waals surface area contributed by atoms with E-state index >= 15 is 0 Å². The molecule has 144 valence electrons. The number of aryl methyl sites for hydroxylation is 1. The largest absolute Gasteiger partial charge is 0.481 e. The summed E-state index contributed by atoms with van der Waals surface area (Å²) >= 11 is 0. The summed E-state index contributed by atoms with van der Waals surface area (Å²) in [5.74, 6) is 0.593. The smallest absolute Gasteiger partial charge is 0.261 e. The van der Waals surface area contributed by atoms with E-state index in [9.17, 15) is 9.59 Å². The van der Waals surface area contributed by atoms with Crippen LogP contribution in [0, 0.1) is 0 Å². The van der Waals surface area contributed by atoms with Crippen molar-refractivity contribution in [1.82, 2.24) is 20.0 Å². The van der Waals surface area contributed by atoms with Gasteiger partial charge in [-0.3, -0.25) is 14.3 Å². The van der Waals surface area contributed by atoms with Crippen LogP contribution in [0.5, 0.6) is 5.75 Å². The fourth-order valence-electron chi connectivity index (χ4n) is 3.15. The van der Waals surface area contributed by atoms with E-state index in [-0.39, 0.29) is 11.8 Å². The van der Waals surface area contributed by atoms with Crippen LogP contribution in [0.4, 0.5) is 0 Å². The molecule has 1 aliphatic heterocycles. The van der Waals surface area contributed by atoms with Crippen molar-refractivity contribution in [3.8, 4) is 5.75 Å². The Kier molecular flexibility index (Phi) is 6.11. The van der Waals surface area contributed by atoms with Crippen LogP contribution < -0.4 is 10.1 Å². The Bertz CT molecular complexity index is 788. The summed E-state index contributed by atoms with van der Waals surface area (Å²) in [6, 6.07) is 11.3. The number of benzene rings is 1. The first kappa shape index (κ1) is 18.9. The molecule has 0 saturated carbocycles. The predicted octanol–water partition coefficient (Wildman–Crippen LogP) is 2.11. The number of carbonyl (C=O) groups is 2. The van der Waals surface area contributed by atoms with E-state index in [2.05, 4.69) is 10.4 Å². The number of carbonyl (C=O) groups excluding carboxylic acids is 2. The Balaban J connectivity index is 1.59. The second kappa shape index (κ2) is 8.70. The average molecular weight is 370 g/mol. The van der Waals surface area contributed by atoms with Crippen molar-refractivity contribution in [3.63, 3.8) is 0 Å². The Labute approximate surface area is 159 Å². The summed E-state index contributed by atoms with van der Waals surface area (Å²) in [6.45, 7) is 5.94. The number of nitrogens with one attached hydrogen (secondary N) is 1. The molecule has 0 spiro atoms. The molecule has 0 radical (unpaired) electrons. The van der Waals surface area contributed by atoms with Gasteiger partial charge in [0.2, 0.25) is 5.91 Å². The van der Waals surface area contributed by atoms with Crippen molar-refractivity contribution < 1.29 is 14.3 Å². The van der Waals surface area contributed by atoms with Crippen LogP contribution in [0.3, 0.4) is 0 Å². The zero-order valence-corrected chi connectivity index (χ0v) is 15.9. The van der Waals surface area contributed by atoms with Gasteiger partial charge in [0.15, 0.2) is 6.10 Å². The summed E-state index contributed by atoms with van der Waals surface area (Å²) in [5, 5.41) is 7.48. The molecular formula is C20H26N4O3. The van der Waals surface area contributed by atoms with Gasteiger partial charge >= 0.3 is 0 Å². The third-order valence-electron chi connectivity index (χ3n) is 4.64. The molecule has 0 fully saturated rings. The number of amides is 2. The fraction of sp³-hybridized carbons (Fsp3) is 0.450. The van der Waals surface area contributed by atoms with Crippen LogP contribution >= 0.6 is 0 Å². The van der Waals surface area contributed by atoms with Crippen molar-refractivity contribution >= 4 is 11.8 Å². The lowest BCUT2D eigenvalue weighted by molar-refractivity contribution is -0.129. The molecule has 3 rings (SSSR count). The van der Waals surface area contributed by atoms with Crippen LogP contribution in [-0.2, 0) is 29.2 Å². The number of para-hydroxylation sites is 1. The monoisotopic (exact) mass is 370 g/mol. The highest BCUT2D eigenvalue weighted by atomic mass is 16.5. The summed E-state index contributed by atoms with van der Waals surface area (Å²) in [4.78, 5) is 26.0. The third-order valence-corrected chi connectivity index (χ3v) is 4.64. The van der Waals surface area contributed by atoms with E-state index in [1.807, 2.05) is 52.9 Å². The highest BCUT2D eigenvalue weighted by Gasteiger charge is 2.20. The van der Waals surface area contributed by atoms with Crippen molar-refractivity contribution in [2.45, 2.75) is 52.4 Å². The van der Waals surface area contributed by atoms with Crippen LogP contribution in [0.15, 0.2) is 36.4 Å². The molecule has 2 heterocycles. The lowest BCUT2D eigenvalue weighted by Gasteiger charge is -2.17. The maximum Gasteiger partial charge on any atom is 0.261 e. The molecule has 0 saturated heterocycles. The summed E-state index contributed by atoms with van der Waals surface area (Å²) < 4.78 is 7.70. The minimum absolute atomic E-state index is 0.0725. The first-order valence-electron chi connectivity index (χ1n) is 9.37. The Morgan fingerprint density at radius 3 is 2.74 bits per heavy atom. The van der Waals surface area contributed by atoms with Gasteiger partial charge in [0.25, 0.3) is 5.91 Å². The van der Waals surface area contributed by atoms with Gasteiger partial charge in [-0.05, 0) is 31.0 Å². The second-order valence-electron chi connectivity index (χ2n) is 6.69. The van der Waals surface area contributed by atoms with Crippen LogP contribution in [0.1, 0.15) is 38.1 Å². The van der Waals surface area contributed by atoms with E-state index in [0.717, 1.165) is 30.9 Å². The maximum absolute atomic E-state index is 12.5. The van der Waals surface area contributed by atoms with Crippen molar-refractivity contribution in [1.29, 1.82) is 0 Å². The zero-order chi connectivity index (χ0) is 19.2. The number of hydrogen-bond donors (Lipinski definition) is 1. The SMILES string of the molecule is CCC(Oc1ccccc1)C(=O)NCc1cc2n(n1)CCCN(C(C)=O)C2. The predicted molar refractivity (Wildman–Crippen MR) is 101 cm³/mol. The molecular weight excluding hydrogens is 344 g/mol. The van der Waals surface area contributed by atoms with Crippen LogP contribution in [0.2, 0.25) is 0 Å². The van der Waals surface area contributed by atoms with Gasteiger partial charge in [-0.2, -0.15) is 5.10 Å². The number of hydrogen-bond acceptors (Lipinski definition) is 4. The van der Waals surface area contributed by atoms with Gasteiger partial charge < -0.3 is 15.0 Å².